The number of nitrogens with two attached hydrogens (primary N) is 1. The van der Waals surface area contributed by atoms with Gasteiger partial charge in [-0.25, -0.2) is 0 Å². The Bertz CT molecular complexity index is 586. The molecule has 0 aliphatic heterocycles. The van der Waals surface area contributed by atoms with Gasteiger partial charge in [-0.15, -0.1) is 0 Å². The number of hydrogen-bond donors (Lipinski definition) is 1. The summed E-state index contributed by atoms with van der Waals surface area (Å²) < 4.78 is 2.06. The van der Waals surface area contributed by atoms with Crippen LogP contribution in [0.1, 0.15) is 36.8 Å². The fraction of sp³-hybridized carbons (Fsp3) is 0.471. The van der Waals surface area contributed by atoms with Crippen LogP contribution in [-0.4, -0.2) is 23.9 Å². The summed E-state index contributed by atoms with van der Waals surface area (Å²) in [4.78, 5) is 2.10. The van der Waals surface area contributed by atoms with Crippen LogP contribution in [0.3, 0.4) is 0 Å². The van der Waals surface area contributed by atoms with Gasteiger partial charge in [0.05, 0.1) is 5.69 Å². The third-order valence-electron chi connectivity index (χ3n) is 3.82. The average molecular weight is 286 g/mol. The molecular formula is C17H26N4. The normalized spacial score (nSPS) is 12.4. The van der Waals surface area contributed by atoms with Gasteiger partial charge in [-0.3, -0.25) is 4.68 Å². The van der Waals surface area contributed by atoms with Crippen molar-refractivity contribution in [1.82, 2.24) is 9.78 Å². The molecule has 0 aliphatic carbocycles. The van der Waals surface area contributed by atoms with E-state index in [1.54, 1.807) is 0 Å². The van der Waals surface area contributed by atoms with E-state index < -0.39 is 0 Å². The molecule has 0 saturated heterocycles. The van der Waals surface area contributed by atoms with Crippen molar-refractivity contribution in [1.29, 1.82) is 0 Å². The van der Waals surface area contributed by atoms with E-state index in [-0.39, 0.29) is 6.04 Å². The van der Waals surface area contributed by atoms with Crippen LogP contribution >= 0.6 is 0 Å². The van der Waals surface area contributed by atoms with Crippen LogP contribution < -0.4 is 10.6 Å². The Morgan fingerprint density at radius 2 is 2.00 bits per heavy atom. The Hall–Kier alpha value is -1.81. The summed E-state index contributed by atoms with van der Waals surface area (Å²) in [5.74, 6) is 0. The number of nitrogens with zero attached hydrogens (tertiary/aromatic N) is 3. The number of anilines is 1. The van der Waals surface area contributed by atoms with E-state index in [4.69, 9.17) is 5.73 Å². The number of aryl methyl sites for hydroxylation is 2. The van der Waals surface area contributed by atoms with Gasteiger partial charge >= 0.3 is 0 Å². The average Bonchev–Trinajstić information content (AvgIpc) is 2.89. The zero-order valence-electron chi connectivity index (χ0n) is 13.5. The van der Waals surface area contributed by atoms with Crippen molar-refractivity contribution >= 4 is 5.69 Å². The van der Waals surface area contributed by atoms with E-state index in [1.807, 2.05) is 14.1 Å². The fourth-order valence-corrected chi connectivity index (χ4v) is 2.50. The molecule has 1 aromatic carbocycles. The molecule has 0 bridgehead atoms. The van der Waals surface area contributed by atoms with Gasteiger partial charge in [-0.05, 0) is 37.1 Å². The number of benzene rings is 1. The summed E-state index contributed by atoms with van der Waals surface area (Å²) in [6, 6.07) is 10.6. The largest absolute Gasteiger partial charge is 0.378 e. The van der Waals surface area contributed by atoms with Crippen molar-refractivity contribution in [2.45, 2.75) is 39.3 Å². The molecular weight excluding hydrogens is 260 g/mol. The van der Waals surface area contributed by atoms with E-state index in [2.05, 4.69) is 58.9 Å². The van der Waals surface area contributed by atoms with Crippen molar-refractivity contribution in [3.63, 3.8) is 0 Å². The zero-order valence-corrected chi connectivity index (χ0v) is 13.5. The van der Waals surface area contributed by atoms with E-state index in [0.29, 0.717) is 0 Å². The number of rotatable bonds is 6. The maximum atomic E-state index is 6.41. The second-order valence-corrected chi connectivity index (χ2v) is 5.60. The Morgan fingerprint density at radius 1 is 1.24 bits per heavy atom. The van der Waals surface area contributed by atoms with Gasteiger partial charge in [0.1, 0.15) is 0 Å². The Labute approximate surface area is 127 Å². The molecule has 4 nitrogen and oxygen atoms in total. The Balaban J connectivity index is 2.19. The van der Waals surface area contributed by atoms with Gasteiger partial charge in [0.15, 0.2) is 0 Å². The van der Waals surface area contributed by atoms with Crippen molar-refractivity contribution in [2.75, 3.05) is 19.0 Å². The van der Waals surface area contributed by atoms with E-state index in [9.17, 15) is 0 Å². The van der Waals surface area contributed by atoms with Crippen LogP contribution in [0, 0.1) is 0 Å². The molecule has 1 heterocycles. The molecule has 2 N–H and O–H groups in total. The first-order valence-electron chi connectivity index (χ1n) is 7.63. The summed E-state index contributed by atoms with van der Waals surface area (Å²) in [5.41, 5.74) is 11.1. The topological polar surface area (TPSA) is 47.1 Å². The predicted octanol–water partition coefficient (Wildman–Crippen LogP) is 2.77. The van der Waals surface area contributed by atoms with E-state index >= 15 is 0 Å². The maximum Gasteiger partial charge on any atom is 0.0624 e. The molecule has 0 aliphatic rings. The molecule has 4 heteroatoms. The minimum absolute atomic E-state index is 0.00314. The standard InChI is InChI=1S/C17H26N4/c1-5-14-11-16(21(6-2)19-14)12-17(18)13-8-7-9-15(10-13)20(3)4/h7-11,17H,5-6,12,18H2,1-4H3. The second-order valence-electron chi connectivity index (χ2n) is 5.60. The van der Waals surface area contributed by atoms with Gasteiger partial charge in [-0.2, -0.15) is 5.10 Å². The molecule has 2 rings (SSSR count). The first-order chi connectivity index (χ1) is 10.0. The summed E-state index contributed by atoms with van der Waals surface area (Å²) in [5, 5.41) is 4.59. The van der Waals surface area contributed by atoms with Crippen LogP contribution in [0.25, 0.3) is 0 Å². The molecule has 1 atom stereocenters. The van der Waals surface area contributed by atoms with Crippen LogP contribution in [0.2, 0.25) is 0 Å². The highest BCUT2D eigenvalue weighted by atomic mass is 15.3. The van der Waals surface area contributed by atoms with Crippen LogP contribution in [0.15, 0.2) is 30.3 Å². The van der Waals surface area contributed by atoms with Crippen molar-refractivity contribution in [3.05, 3.63) is 47.3 Å². The molecule has 0 saturated carbocycles. The molecule has 1 aromatic heterocycles. The molecule has 0 fully saturated rings. The monoisotopic (exact) mass is 286 g/mol. The second kappa shape index (κ2) is 6.76. The maximum absolute atomic E-state index is 6.41. The smallest absolute Gasteiger partial charge is 0.0624 e. The fourth-order valence-electron chi connectivity index (χ4n) is 2.50. The van der Waals surface area contributed by atoms with Gasteiger partial charge in [0.2, 0.25) is 0 Å². The molecule has 21 heavy (non-hydrogen) atoms. The zero-order chi connectivity index (χ0) is 15.4. The highest BCUT2D eigenvalue weighted by Crippen LogP contribution is 2.21. The van der Waals surface area contributed by atoms with Crippen molar-refractivity contribution < 1.29 is 0 Å². The van der Waals surface area contributed by atoms with Crippen LogP contribution in [0.5, 0.6) is 0 Å². The lowest BCUT2D eigenvalue weighted by Crippen LogP contribution is -2.17. The quantitative estimate of drug-likeness (QED) is 0.888. The molecule has 2 aromatic rings. The van der Waals surface area contributed by atoms with Gasteiger partial charge in [0, 0.05) is 44.5 Å². The summed E-state index contributed by atoms with van der Waals surface area (Å²) in [6.07, 6.45) is 1.78. The minimum atomic E-state index is -0.00314. The lowest BCUT2D eigenvalue weighted by atomic mass is 10.0. The SMILES string of the molecule is CCc1cc(CC(N)c2cccc(N(C)C)c2)n(CC)n1. The Kier molecular flexibility index (Phi) is 5.02. The summed E-state index contributed by atoms with van der Waals surface area (Å²) >= 11 is 0. The summed E-state index contributed by atoms with van der Waals surface area (Å²) in [7, 11) is 4.09. The Morgan fingerprint density at radius 3 is 2.62 bits per heavy atom. The molecule has 114 valence electrons. The lowest BCUT2D eigenvalue weighted by molar-refractivity contribution is 0.585. The van der Waals surface area contributed by atoms with Gasteiger partial charge in [-0.1, -0.05) is 19.1 Å². The summed E-state index contributed by atoms with van der Waals surface area (Å²) in [6.45, 7) is 5.14. The predicted molar refractivity (Wildman–Crippen MR) is 88.7 cm³/mol. The molecule has 1 unspecified atom stereocenters. The molecule has 0 spiro atoms. The molecule has 0 amide bonds. The van der Waals surface area contributed by atoms with Crippen molar-refractivity contribution in [3.8, 4) is 0 Å². The lowest BCUT2D eigenvalue weighted by Gasteiger charge is -2.17. The van der Waals surface area contributed by atoms with Crippen LogP contribution in [0.4, 0.5) is 5.69 Å². The minimum Gasteiger partial charge on any atom is -0.378 e. The first-order valence-corrected chi connectivity index (χ1v) is 7.63. The van der Waals surface area contributed by atoms with Gasteiger partial charge in [0.25, 0.3) is 0 Å². The number of hydrogen-bond acceptors (Lipinski definition) is 3. The molecule has 0 radical (unpaired) electrons. The highest BCUT2D eigenvalue weighted by Gasteiger charge is 2.13. The van der Waals surface area contributed by atoms with E-state index in [0.717, 1.165) is 25.1 Å². The third kappa shape index (κ3) is 3.64. The number of aromatic nitrogens is 2. The van der Waals surface area contributed by atoms with E-state index in [1.165, 1.54) is 16.9 Å². The van der Waals surface area contributed by atoms with Gasteiger partial charge < -0.3 is 10.6 Å². The van der Waals surface area contributed by atoms with Crippen LogP contribution in [-0.2, 0) is 19.4 Å². The highest BCUT2D eigenvalue weighted by molar-refractivity contribution is 5.47. The third-order valence-corrected chi connectivity index (χ3v) is 3.82. The van der Waals surface area contributed by atoms with Crippen molar-refractivity contribution in [2.24, 2.45) is 5.73 Å². The first kappa shape index (κ1) is 15.6.